The average molecular weight is 297 g/mol. The lowest BCUT2D eigenvalue weighted by Crippen LogP contribution is -2.64. The number of nitrogens with two attached hydrogens (primary N) is 1. The Morgan fingerprint density at radius 3 is 2.43 bits per heavy atom. The largest absolute Gasteiger partial charge is 0.381 e. The minimum absolute atomic E-state index is 0.197. The van der Waals surface area contributed by atoms with Crippen LogP contribution in [0.25, 0.3) is 0 Å². The van der Waals surface area contributed by atoms with Gasteiger partial charge in [0.05, 0.1) is 0 Å². The Labute approximate surface area is 128 Å². The summed E-state index contributed by atoms with van der Waals surface area (Å²) in [6, 6.07) is 0.259. The molecule has 0 aromatic carbocycles. The normalized spacial score (nSPS) is 23.5. The zero-order valence-electron chi connectivity index (χ0n) is 13.7. The molecule has 1 heterocycles. The van der Waals surface area contributed by atoms with Gasteiger partial charge in [-0.25, -0.2) is 0 Å². The van der Waals surface area contributed by atoms with Gasteiger partial charge in [0.15, 0.2) is 0 Å². The third kappa shape index (κ3) is 4.41. The van der Waals surface area contributed by atoms with Crippen molar-refractivity contribution in [3.8, 4) is 0 Å². The van der Waals surface area contributed by atoms with E-state index in [1.54, 1.807) is 0 Å². The van der Waals surface area contributed by atoms with Crippen LogP contribution in [-0.2, 0) is 9.53 Å². The first-order valence-electron chi connectivity index (χ1n) is 8.28. The van der Waals surface area contributed by atoms with E-state index < -0.39 is 5.54 Å². The molecule has 1 amide bonds. The molecular weight excluding hydrogens is 266 g/mol. The molecule has 2 rings (SSSR count). The van der Waals surface area contributed by atoms with Crippen molar-refractivity contribution in [1.29, 1.82) is 0 Å². The highest BCUT2D eigenvalue weighted by Crippen LogP contribution is 2.40. The first kappa shape index (κ1) is 16.7. The number of likely N-dealkylation sites (N-methyl/N-ethyl adjacent to an activating group) is 1. The van der Waals surface area contributed by atoms with Crippen LogP contribution in [0.2, 0.25) is 0 Å². The number of carbonyl (C=O) groups is 1. The summed E-state index contributed by atoms with van der Waals surface area (Å²) in [7, 11) is 2.11. The average Bonchev–Trinajstić information content (AvgIpc) is 3.22. The highest BCUT2D eigenvalue weighted by molar-refractivity contribution is 5.86. The molecule has 0 aromatic heterocycles. The van der Waals surface area contributed by atoms with Crippen molar-refractivity contribution in [2.45, 2.75) is 51.1 Å². The molecule has 122 valence electrons. The Kier molecular flexibility index (Phi) is 5.63. The van der Waals surface area contributed by atoms with Crippen LogP contribution < -0.4 is 11.1 Å². The van der Waals surface area contributed by atoms with Gasteiger partial charge in [-0.05, 0) is 58.4 Å². The standard InChI is InChI=1S/C16H31N3O2/c1-12(2)18-16(15(17)20,14-4-5-14)11-19(3)10-13-6-8-21-9-7-13/h12-14,18H,4-11H2,1-3H3,(H2,17,20). The van der Waals surface area contributed by atoms with E-state index in [1.165, 1.54) is 0 Å². The van der Waals surface area contributed by atoms with Gasteiger partial charge >= 0.3 is 0 Å². The van der Waals surface area contributed by atoms with Crippen LogP contribution in [0.15, 0.2) is 0 Å². The van der Waals surface area contributed by atoms with Crippen LogP contribution in [0.4, 0.5) is 0 Å². The molecule has 1 aliphatic carbocycles. The number of nitrogens with zero attached hydrogens (tertiary/aromatic N) is 1. The van der Waals surface area contributed by atoms with Crippen molar-refractivity contribution in [2.24, 2.45) is 17.6 Å². The molecule has 1 saturated heterocycles. The number of carbonyl (C=O) groups excluding carboxylic acids is 1. The number of rotatable bonds is 8. The van der Waals surface area contributed by atoms with Gasteiger partial charge in [-0.1, -0.05) is 0 Å². The van der Waals surface area contributed by atoms with Crippen molar-refractivity contribution in [1.82, 2.24) is 10.2 Å². The van der Waals surface area contributed by atoms with Crippen molar-refractivity contribution in [3.63, 3.8) is 0 Å². The molecular formula is C16H31N3O2. The predicted molar refractivity (Wildman–Crippen MR) is 84.0 cm³/mol. The fourth-order valence-corrected chi connectivity index (χ4v) is 3.59. The zero-order chi connectivity index (χ0) is 15.5. The van der Waals surface area contributed by atoms with E-state index in [2.05, 4.69) is 31.1 Å². The number of hydrogen-bond donors (Lipinski definition) is 2. The third-order valence-corrected chi connectivity index (χ3v) is 4.69. The van der Waals surface area contributed by atoms with E-state index in [1.807, 2.05) is 0 Å². The third-order valence-electron chi connectivity index (χ3n) is 4.69. The summed E-state index contributed by atoms with van der Waals surface area (Å²) in [6.45, 7) is 7.63. The topological polar surface area (TPSA) is 67.6 Å². The van der Waals surface area contributed by atoms with Gasteiger partial charge in [-0.3, -0.25) is 10.1 Å². The Morgan fingerprint density at radius 1 is 1.33 bits per heavy atom. The molecule has 0 bridgehead atoms. The van der Waals surface area contributed by atoms with Crippen LogP contribution >= 0.6 is 0 Å². The molecule has 2 fully saturated rings. The first-order chi connectivity index (χ1) is 9.94. The minimum atomic E-state index is -0.561. The molecule has 1 aliphatic heterocycles. The van der Waals surface area contributed by atoms with E-state index in [0.29, 0.717) is 18.4 Å². The maximum Gasteiger partial charge on any atom is 0.239 e. The molecule has 5 heteroatoms. The summed E-state index contributed by atoms with van der Waals surface area (Å²) >= 11 is 0. The molecule has 0 radical (unpaired) electrons. The van der Waals surface area contributed by atoms with E-state index in [9.17, 15) is 4.79 Å². The van der Waals surface area contributed by atoms with E-state index >= 15 is 0 Å². The van der Waals surface area contributed by atoms with Crippen molar-refractivity contribution >= 4 is 5.91 Å². The summed E-state index contributed by atoms with van der Waals surface area (Å²) in [6.07, 6.45) is 4.45. The lowest BCUT2D eigenvalue weighted by molar-refractivity contribution is -0.126. The molecule has 5 nitrogen and oxygen atoms in total. The smallest absolute Gasteiger partial charge is 0.239 e. The van der Waals surface area contributed by atoms with Crippen LogP contribution in [0.5, 0.6) is 0 Å². The fourth-order valence-electron chi connectivity index (χ4n) is 3.59. The van der Waals surface area contributed by atoms with Gasteiger partial charge in [0, 0.05) is 32.3 Å². The second-order valence-corrected chi connectivity index (χ2v) is 7.16. The summed E-state index contributed by atoms with van der Waals surface area (Å²) in [5, 5.41) is 3.48. The highest BCUT2D eigenvalue weighted by Gasteiger charge is 2.50. The van der Waals surface area contributed by atoms with Crippen molar-refractivity contribution < 1.29 is 9.53 Å². The number of nitrogens with one attached hydrogen (secondary N) is 1. The first-order valence-corrected chi connectivity index (χ1v) is 8.28. The van der Waals surface area contributed by atoms with E-state index in [4.69, 9.17) is 10.5 Å². The molecule has 0 spiro atoms. The van der Waals surface area contributed by atoms with Crippen molar-refractivity contribution in [3.05, 3.63) is 0 Å². The Morgan fingerprint density at radius 2 is 1.95 bits per heavy atom. The number of amides is 1. The van der Waals surface area contributed by atoms with Crippen LogP contribution in [0, 0.1) is 11.8 Å². The van der Waals surface area contributed by atoms with Crippen LogP contribution in [-0.4, -0.2) is 55.7 Å². The molecule has 1 unspecified atom stereocenters. The van der Waals surface area contributed by atoms with Gasteiger partial charge in [-0.15, -0.1) is 0 Å². The van der Waals surface area contributed by atoms with Gasteiger partial charge in [0.2, 0.25) is 5.91 Å². The van der Waals surface area contributed by atoms with Crippen molar-refractivity contribution in [2.75, 3.05) is 33.4 Å². The van der Waals surface area contributed by atoms with Crippen LogP contribution in [0.3, 0.4) is 0 Å². The van der Waals surface area contributed by atoms with Crippen LogP contribution in [0.1, 0.15) is 39.5 Å². The summed E-state index contributed by atoms with van der Waals surface area (Å²) in [5.41, 5.74) is 5.23. The molecule has 1 atom stereocenters. The minimum Gasteiger partial charge on any atom is -0.381 e. The summed E-state index contributed by atoms with van der Waals surface area (Å²) in [5.74, 6) is 0.875. The van der Waals surface area contributed by atoms with Gasteiger partial charge in [-0.2, -0.15) is 0 Å². The lowest BCUT2D eigenvalue weighted by atomic mass is 9.89. The van der Waals surface area contributed by atoms with E-state index in [-0.39, 0.29) is 11.9 Å². The second kappa shape index (κ2) is 7.07. The Balaban J connectivity index is 1.98. The Bertz CT molecular complexity index is 351. The monoisotopic (exact) mass is 297 g/mol. The predicted octanol–water partition coefficient (Wildman–Crippen LogP) is 0.977. The molecule has 1 saturated carbocycles. The number of ether oxygens (including phenoxy) is 1. The van der Waals surface area contributed by atoms with Gasteiger partial charge < -0.3 is 15.4 Å². The molecule has 21 heavy (non-hydrogen) atoms. The second-order valence-electron chi connectivity index (χ2n) is 7.16. The number of hydrogen-bond acceptors (Lipinski definition) is 4. The molecule has 3 N–H and O–H groups in total. The zero-order valence-corrected chi connectivity index (χ0v) is 13.7. The van der Waals surface area contributed by atoms with Gasteiger partial charge in [0.1, 0.15) is 5.54 Å². The summed E-state index contributed by atoms with van der Waals surface area (Å²) in [4.78, 5) is 14.5. The Hall–Kier alpha value is -0.650. The maximum absolute atomic E-state index is 12.2. The number of primary amides is 1. The summed E-state index contributed by atoms with van der Waals surface area (Å²) < 4.78 is 5.42. The molecule has 0 aromatic rings. The molecule has 2 aliphatic rings. The quantitative estimate of drug-likeness (QED) is 0.701. The van der Waals surface area contributed by atoms with E-state index in [0.717, 1.165) is 45.4 Å². The SMILES string of the molecule is CC(C)NC(CN(C)CC1CCOCC1)(C(N)=O)C1CC1. The van der Waals surface area contributed by atoms with Gasteiger partial charge in [0.25, 0.3) is 0 Å². The lowest BCUT2D eigenvalue weighted by Gasteiger charge is -2.38. The fraction of sp³-hybridized carbons (Fsp3) is 0.938. The maximum atomic E-state index is 12.2. The highest BCUT2D eigenvalue weighted by atomic mass is 16.5.